The largest absolute Gasteiger partial charge is 0.484 e. The molecule has 0 aliphatic rings. The van der Waals surface area contributed by atoms with Gasteiger partial charge in [-0.05, 0) is 36.1 Å². The highest BCUT2D eigenvalue weighted by atomic mass is 35.5. The standard InChI is InChI=1S/C27H30Cl2F5N3O4/c1-15(2)22(24(39)27(33,34)25(40)36-9-8-26(30,31)32)23(35)20(10-16-6-4-3-5-7-16)37-21(38)14-41-19-12-17(28)11-18(29)13-19/h3-7,11-13,15,20,22-23H,8-10,14,35H2,1-2H3,(H,36,40)(H,37,38)/t20-,22-,23?/m0/s1. The first-order chi connectivity index (χ1) is 19.0. The fraction of sp³-hybridized carbons (Fsp3) is 0.444. The zero-order valence-electron chi connectivity index (χ0n) is 22.1. The Kier molecular flexibility index (Phi) is 12.3. The van der Waals surface area contributed by atoms with E-state index in [1.807, 2.05) is 0 Å². The first kappa shape index (κ1) is 34.2. The maximum atomic E-state index is 14.9. The van der Waals surface area contributed by atoms with Crippen LogP contribution in [0.25, 0.3) is 0 Å². The van der Waals surface area contributed by atoms with Crippen molar-refractivity contribution < 1.29 is 41.1 Å². The molecule has 14 heteroatoms. The van der Waals surface area contributed by atoms with Crippen molar-refractivity contribution >= 4 is 40.8 Å². The van der Waals surface area contributed by atoms with Crippen molar-refractivity contribution in [3.63, 3.8) is 0 Å². The van der Waals surface area contributed by atoms with Crippen LogP contribution < -0.4 is 21.1 Å². The maximum absolute atomic E-state index is 14.9. The van der Waals surface area contributed by atoms with E-state index in [9.17, 15) is 36.3 Å². The van der Waals surface area contributed by atoms with Crippen LogP contribution in [0.2, 0.25) is 10.0 Å². The molecule has 226 valence electrons. The lowest BCUT2D eigenvalue weighted by Gasteiger charge is -2.34. The smallest absolute Gasteiger partial charge is 0.390 e. The van der Waals surface area contributed by atoms with E-state index < -0.39 is 73.2 Å². The lowest BCUT2D eigenvalue weighted by molar-refractivity contribution is -0.163. The van der Waals surface area contributed by atoms with Gasteiger partial charge in [-0.25, -0.2) is 0 Å². The van der Waals surface area contributed by atoms with Crippen molar-refractivity contribution in [2.45, 2.75) is 50.9 Å². The molecule has 2 aromatic rings. The third-order valence-electron chi connectivity index (χ3n) is 6.04. The predicted octanol–water partition coefficient (Wildman–Crippen LogP) is 4.97. The monoisotopic (exact) mass is 625 g/mol. The van der Waals surface area contributed by atoms with Gasteiger partial charge in [-0.15, -0.1) is 0 Å². The summed E-state index contributed by atoms with van der Waals surface area (Å²) < 4.78 is 72.4. The number of carbonyl (C=O) groups excluding carboxylic acids is 3. The van der Waals surface area contributed by atoms with Crippen molar-refractivity contribution in [2.24, 2.45) is 17.6 Å². The summed E-state index contributed by atoms with van der Waals surface area (Å²) in [5.41, 5.74) is 6.99. The van der Waals surface area contributed by atoms with Crippen molar-refractivity contribution in [2.75, 3.05) is 13.2 Å². The molecule has 0 saturated heterocycles. The zero-order valence-corrected chi connectivity index (χ0v) is 23.6. The highest BCUT2D eigenvalue weighted by molar-refractivity contribution is 6.34. The Hall–Kier alpha value is -2.96. The van der Waals surface area contributed by atoms with E-state index in [0.29, 0.717) is 5.56 Å². The third-order valence-corrected chi connectivity index (χ3v) is 6.48. The third kappa shape index (κ3) is 10.8. The molecule has 0 heterocycles. The van der Waals surface area contributed by atoms with Gasteiger partial charge in [0.15, 0.2) is 6.61 Å². The molecule has 41 heavy (non-hydrogen) atoms. The Morgan fingerprint density at radius 1 is 0.976 bits per heavy atom. The van der Waals surface area contributed by atoms with Gasteiger partial charge in [0.2, 0.25) is 5.78 Å². The van der Waals surface area contributed by atoms with E-state index in [4.69, 9.17) is 33.7 Å². The Bertz CT molecular complexity index is 1180. The number of ketones is 1. The molecule has 3 atom stereocenters. The molecule has 0 bridgehead atoms. The Balaban J connectivity index is 2.25. The number of rotatable bonds is 14. The number of benzene rings is 2. The summed E-state index contributed by atoms with van der Waals surface area (Å²) in [6.45, 7) is 1.18. The normalized spacial score (nSPS) is 14.2. The summed E-state index contributed by atoms with van der Waals surface area (Å²) in [5, 5.41) is 4.59. The Labute approximate surface area is 243 Å². The SMILES string of the molecule is CC(C)[C@H](C(=O)C(F)(F)C(=O)NCCC(F)(F)F)C(N)[C@H](Cc1ccccc1)NC(=O)COc1cc(Cl)cc(Cl)c1. The van der Waals surface area contributed by atoms with Gasteiger partial charge in [-0.3, -0.25) is 14.4 Å². The summed E-state index contributed by atoms with van der Waals surface area (Å²) in [7, 11) is 0. The van der Waals surface area contributed by atoms with E-state index in [-0.39, 0.29) is 22.2 Å². The van der Waals surface area contributed by atoms with Crippen LogP contribution in [0.4, 0.5) is 22.0 Å². The zero-order chi connectivity index (χ0) is 31.0. The van der Waals surface area contributed by atoms with Crippen LogP contribution >= 0.6 is 23.2 Å². The van der Waals surface area contributed by atoms with E-state index in [1.165, 1.54) is 37.4 Å². The fourth-order valence-electron chi connectivity index (χ4n) is 4.08. The van der Waals surface area contributed by atoms with Crippen LogP contribution in [0, 0.1) is 11.8 Å². The minimum atomic E-state index is -4.69. The number of nitrogens with two attached hydrogens (primary N) is 1. The molecule has 1 unspecified atom stereocenters. The van der Waals surface area contributed by atoms with Crippen molar-refractivity contribution in [3.8, 4) is 5.75 Å². The van der Waals surface area contributed by atoms with Gasteiger partial charge in [0.25, 0.3) is 11.8 Å². The maximum Gasteiger partial charge on any atom is 0.390 e. The number of carbonyl (C=O) groups is 3. The molecule has 2 rings (SSSR count). The number of amides is 2. The van der Waals surface area contributed by atoms with Crippen LogP contribution in [0.3, 0.4) is 0 Å². The van der Waals surface area contributed by atoms with Crippen LogP contribution in [0.15, 0.2) is 48.5 Å². The average molecular weight is 626 g/mol. The van der Waals surface area contributed by atoms with E-state index in [0.717, 1.165) is 0 Å². The molecule has 0 spiro atoms. The Morgan fingerprint density at radius 3 is 2.10 bits per heavy atom. The quantitative estimate of drug-likeness (QED) is 0.203. The average Bonchev–Trinajstić information content (AvgIpc) is 2.86. The molecule has 2 aromatic carbocycles. The highest BCUT2D eigenvalue weighted by Gasteiger charge is 2.53. The second-order valence-corrected chi connectivity index (χ2v) is 10.5. The van der Waals surface area contributed by atoms with E-state index in [2.05, 4.69) is 5.32 Å². The number of alkyl halides is 5. The molecule has 0 radical (unpaired) electrons. The fourth-order valence-corrected chi connectivity index (χ4v) is 4.59. The lowest BCUT2D eigenvalue weighted by Crippen LogP contribution is -2.60. The summed E-state index contributed by atoms with van der Waals surface area (Å²) in [6, 6.07) is 10.3. The van der Waals surface area contributed by atoms with Crippen LogP contribution in [-0.2, 0) is 20.8 Å². The van der Waals surface area contributed by atoms with Crippen LogP contribution in [0.1, 0.15) is 25.8 Å². The number of ether oxygens (including phenoxy) is 1. The second-order valence-electron chi connectivity index (χ2n) is 9.66. The van der Waals surface area contributed by atoms with Gasteiger partial charge < -0.3 is 21.1 Å². The second kappa shape index (κ2) is 14.8. The summed E-state index contributed by atoms with van der Waals surface area (Å²) in [4.78, 5) is 37.9. The molecule has 2 amide bonds. The first-order valence-corrected chi connectivity index (χ1v) is 13.2. The molecule has 0 aliphatic heterocycles. The summed E-state index contributed by atoms with van der Waals surface area (Å²) >= 11 is 11.9. The topological polar surface area (TPSA) is 111 Å². The van der Waals surface area contributed by atoms with Gasteiger partial charge in [0.1, 0.15) is 5.75 Å². The first-order valence-electron chi connectivity index (χ1n) is 12.5. The molecular weight excluding hydrogens is 596 g/mol. The van der Waals surface area contributed by atoms with Gasteiger partial charge in [0.05, 0.1) is 6.42 Å². The lowest BCUT2D eigenvalue weighted by atomic mass is 9.78. The number of halogens is 7. The number of hydrogen-bond acceptors (Lipinski definition) is 5. The van der Waals surface area contributed by atoms with Crippen molar-refractivity contribution in [3.05, 3.63) is 64.1 Å². The van der Waals surface area contributed by atoms with Gasteiger partial charge in [0, 0.05) is 34.6 Å². The molecule has 0 saturated carbocycles. The molecule has 7 nitrogen and oxygen atoms in total. The van der Waals surface area contributed by atoms with Crippen molar-refractivity contribution in [1.29, 1.82) is 0 Å². The summed E-state index contributed by atoms with van der Waals surface area (Å²) in [5.74, 6) is -11.7. The molecule has 0 aromatic heterocycles. The van der Waals surface area contributed by atoms with Gasteiger partial charge >= 0.3 is 12.1 Å². The summed E-state index contributed by atoms with van der Waals surface area (Å²) in [6.07, 6.45) is -6.22. The molecule has 4 N–H and O–H groups in total. The van der Waals surface area contributed by atoms with E-state index in [1.54, 1.807) is 30.3 Å². The minimum absolute atomic E-state index is 0.0244. The van der Waals surface area contributed by atoms with Gasteiger partial charge in [-0.1, -0.05) is 67.4 Å². The van der Waals surface area contributed by atoms with Crippen molar-refractivity contribution in [1.82, 2.24) is 10.6 Å². The van der Waals surface area contributed by atoms with E-state index >= 15 is 0 Å². The molecule has 0 aliphatic carbocycles. The molecular formula is C27H30Cl2F5N3O4. The van der Waals surface area contributed by atoms with Crippen LogP contribution in [-0.4, -0.2) is 54.9 Å². The number of nitrogens with one attached hydrogen (secondary N) is 2. The minimum Gasteiger partial charge on any atom is -0.484 e. The van der Waals surface area contributed by atoms with Crippen LogP contribution in [0.5, 0.6) is 5.75 Å². The Morgan fingerprint density at radius 2 is 1.56 bits per heavy atom. The highest BCUT2D eigenvalue weighted by Crippen LogP contribution is 2.29. The van der Waals surface area contributed by atoms with Gasteiger partial charge in [-0.2, -0.15) is 22.0 Å². The molecule has 0 fully saturated rings. The predicted molar refractivity (Wildman–Crippen MR) is 144 cm³/mol. The number of hydrogen-bond donors (Lipinski definition) is 3. The number of Topliss-reactive ketones (excluding diaryl/α,β-unsaturated/α-hetero) is 1.